The van der Waals surface area contributed by atoms with Crippen LogP contribution in [0.1, 0.15) is 75.6 Å². The van der Waals surface area contributed by atoms with Crippen molar-refractivity contribution in [1.29, 1.82) is 0 Å². The maximum Gasteiger partial charge on any atom is 0.360 e. The molecule has 0 heterocycles. The molecule has 0 saturated heterocycles. The molecule has 0 saturated carbocycles. The Labute approximate surface area is 378 Å². The summed E-state index contributed by atoms with van der Waals surface area (Å²) in [6.07, 6.45) is 8.75. The molecule has 10 nitrogen and oxygen atoms in total. The van der Waals surface area contributed by atoms with Crippen molar-refractivity contribution in [3.05, 3.63) is 176 Å². The van der Waals surface area contributed by atoms with Crippen molar-refractivity contribution in [2.24, 2.45) is 10.3 Å². The van der Waals surface area contributed by atoms with Crippen molar-refractivity contribution in [3.8, 4) is 11.5 Å². The molecule has 0 unspecified atom stereocenters. The van der Waals surface area contributed by atoms with Gasteiger partial charge in [0, 0.05) is 0 Å². The highest BCUT2D eigenvalue weighted by atomic mass is 16.6. The lowest BCUT2D eigenvalue weighted by Crippen LogP contribution is -2.24. The number of aryl methyl sites for hydroxylation is 2. The number of carbonyl (C=O) groups is 2. The van der Waals surface area contributed by atoms with Crippen LogP contribution < -0.4 is 9.47 Å². The number of rotatable bonds is 17. The van der Waals surface area contributed by atoms with Gasteiger partial charge in [-0.05, 0) is 135 Å². The summed E-state index contributed by atoms with van der Waals surface area (Å²) in [5.74, 6) is 0.559. The first kappa shape index (κ1) is 48.1. The molecule has 0 N–H and O–H groups in total. The third-order valence-electron chi connectivity index (χ3n) is 11.2. The average Bonchev–Trinajstić information content (AvgIpc) is 3.32. The third-order valence-corrected chi connectivity index (χ3v) is 11.2. The molecular weight excluding hydrogens is 805 g/mol. The third kappa shape index (κ3) is 14.0. The van der Waals surface area contributed by atoms with Crippen molar-refractivity contribution < 1.29 is 38.2 Å². The Morgan fingerprint density at radius 3 is 1.44 bits per heavy atom. The summed E-state index contributed by atoms with van der Waals surface area (Å²) in [5, 5.41) is 7.90. The van der Waals surface area contributed by atoms with Crippen LogP contribution >= 0.6 is 0 Å². The van der Waals surface area contributed by atoms with Crippen LogP contribution in [0.4, 0.5) is 0 Å². The molecule has 2 aliphatic carbocycles. The highest BCUT2D eigenvalue weighted by molar-refractivity contribution is 6.43. The van der Waals surface area contributed by atoms with E-state index in [0.29, 0.717) is 32.5 Å². The maximum atomic E-state index is 12.3. The Bertz CT molecular complexity index is 2460. The van der Waals surface area contributed by atoms with Gasteiger partial charge in [0.1, 0.15) is 38.9 Å². The lowest BCUT2D eigenvalue weighted by atomic mass is 9.85. The van der Waals surface area contributed by atoms with Gasteiger partial charge in [0.05, 0.1) is 14.2 Å². The Morgan fingerprint density at radius 1 is 0.500 bits per heavy atom. The molecular formula is C54H60N2O8. The van der Waals surface area contributed by atoms with Gasteiger partial charge in [-0.3, -0.25) is 0 Å². The van der Waals surface area contributed by atoms with Crippen molar-refractivity contribution >= 4 is 35.5 Å². The fourth-order valence-corrected chi connectivity index (χ4v) is 7.35. The molecule has 0 fully saturated rings. The minimum Gasteiger partial charge on any atom is -0.489 e. The van der Waals surface area contributed by atoms with Crippen LogP contribution in [0.3, 0.4) is 0 Å². The first-order chi connectivity index (χ1) is 31.0. The SMILES string of the molecule is CO/N=C(/C(=O)OC)C1=C(COc2cccc(/C=C\c3ccccc3)c2)CC(C)=C(C)C1.CO/N=C(/C(=O)OC)C1=C(COc2cccc(CCc3ccccc3)c2)CC(C)=C(C)C1. The molecule has 64 heavy (non-hydrogen) atoms. The number of ether oxygens (including phenoxy) is 4. The molecule has 0 amide bonds. The van der Waals surface area contributed by atoms with Gasteiger partial charge in [0.2, 0.25) is 0 Å². The zero-order valence-electron chi connectivity index (χ0n) is 38.4. The predicted octanol–water partition coefficient (Wildman–Crippen LogP) is 11.3. The van der Waals surface area contributed by atoms with Gasteiger partial charge in [-0.15, -0.1) is 0 Å². The van der Waals surface area contributed by atoms with Gasteiger partial charge in [-0.25, -0.2) is 9.59 Å². The van der Waals surface area contributed by atoms with Gasteiger partial charge < -0.3 is 28.6 Å². The minimum atomic E-state index is -0.514. The van der Waals surface area contributed by atoms with Crippen LogP contribution in [0.25, 0.3) is 12.2 Å². The van der Waals surface area contributed by atoms with Crippen molar-refractivity contribution in [2.75, 3.05) is 41.7 Å². The number of carbonyl (C=O) groups excluding carboxylic acids is 2. The summed E-state index contributed by atoms with van der Waals surface area (Å²) in [7, 11) is 5.54. The number of benzene rings is 4. The number of oxime groups is 2. The van der Waals surface area contributed by atoms with E-state index in [1.165, 1.54) is 61.9 Å². The second-order valence-electron chi connectivity index (χ2n) is 15.7. The number of allylic oxidation sites excluding steroid dienone is 4. The monoisotopic (exact) mass is 864 g/mol. The zero-order valence-corrected chi connectivity index (χ0v) is 38.4. The average molecular weight is 865 g/mol. The summed E-state index contributed by atoms with van der Waals surface area (Å²) in [4.78, 5) is 34.5. The smallest absolute Gasteiger partial charge is 0.360 e. The lowest BCUT2D eigenvalue weighted by Gasteiger charge is -2.23. The molecule has 6 rings (SSSR count). The fraction of sp³-hybridized carbons (Fsp3) is 0.296. The molecule has 4 aromatic rings. The van der Waals surface area contributed by atoms with E-state index >= 15 is 0 Å². The zero-order chi connectivity index (χ0) is 45.8. The van der Waals surface area contributed by atoms with E-state index in [-0.39, 0.29) is 11.4 Å². The van der Waals surface area contributed by atoms with Gasteiger partial charge in [0.15, 0.2) is 11.4 Å². The maximum absolute atomic E-state index is 12.3. The highest BCUT2D eigenvalue weighted by Crippen LogP contribution is 2.33. The van der Waals surface area contributed by atoms with E-state index in [2.05, 4.69) is 98.7 Å². The topological polar surface area (TPSA) is 114 Å². The van der Waals surface area contributed by atoms with Crippen LogP contribution in [0.2, 0.25) is 0 Å². The molecule has 0 radical (unpaired) electrons. The first-order valence-electron chi connectivity index (χ1n) is 21.4. The van der Waals surface area contributed by atoms with E-state index in [9.17, 15) is 9.59 Å². The van der Waals surface area contributed by atoms with Gasteiger partial charge >= 0.3 is 11.9 Å². The van der Waals surface area contributed by atoms with E-state index in [1.807, 2.05) is 60.7 Å². The van der Waals surface area contributed by atoms with Crippen LogP contribution in [0.5, 0.6) is 11.5 Å². The van der Waals surface area contributed by atoms with Gasteiger partial charge in [0.25, 0.3) is 0 Å². The Kier molecular flexibility index (Phi) is 18.5. The lowest BCUT2D eigenvalue weighted by molar-refractivity contribution is -0.133. The summed E-state index contributed by atoms with van der Waals surface area (Å²) in [6.45, 7) is 9.09. The molecule has 2 aliphatic rings. The Morgan fingerprint density at radius 2 is 0.922 bits per heavy atom. The number of methoxy groups -OCH3 is 2. The first-order valence-corrected chi connectivity index (χ1v) is 21.4. The molecule has 0 atom stereocenters. The Balaban J connectivity index is 0.000000241. The number of esters is 2. The predicted molar refractivity (Wildman–Crippen MR) is 255 cm³/mol. The van der Waals surface area contributed by atoms with E-state index in [0.717, 1.165) is 64.2 Å². The minimum absolute atomic E-state index is 0.194. The summed E-state index contributed by atoms with van der Waals surface area (Å²) >= 11 is 0. The number of hydrogen-bond donors (Lipinski definition) is 0. The summed E-state index contributed by atoms with van der Waals surface area (Å²) in [5.41, 5.74) is 13.8. The fourth-order valence-electron chi connectivity index (χ4n) is 7.35. The van der Waals surface area contributed by atoms with Gasteiger partial charge in [-0.2, -0.15) is 0 Å². The molecule has 4 aromatic carbocycles. The van der Waals surface area contributed by atoms with Crippen molar-refractivity contribution in [2.45, 2.75) is 66.2 Å². The quantitative estimate of drug-likeness (QED) is 0.0339. The largest absolute Gasteiger partial charge is 0.489 e. The summed E-state index contributed by atoms with van der Waals surface area (Å²) in [6, 6.07) is 36.8. The number of hydrogen-bond acceptors (Lipinski definition) is 10. The highest BCUT2D eigenvalue weighted by Gasteiger charge is 2.28. The van der Waals surface area contributed by atoms with E-state index in [4.69, 9.17) is 28.6 Å². The second kappa shape index (κ2) is 24.6. The van der Waals surface area contributed by atoms with Crippen molar-refractivity contribution in [1.82, 2.24) is 0 Å². The molecule has 0 aromatic heterocycles. The molecule has 334 valence electrons. The van der Waals surface area contributed by atoms with Crippen LogP contribution in [0, 0.1) is 0 Å². The second-order valence-corrected chi connectivity index (χ2v) is 15.7. The molecule has 0 bridgehead atoms. The van der Waals surface area contributed by atoms with Crippen LogP contribution in [-0.2, 0) is 41.6 Å². The standard InChI is InChI=1S/C27H31NO4.C27H29NO4/c2*1-19-15-23(25(16-20(19)2)26(28-31-4)27(29)30-3)18-32-24-12-8-11-22(17-24)14-13-21-9-6-5-7-10-21/h5-12,17H,13-16,18H2,1-4H3;5-14,17H,15-16,18H2,1-4H3/b28-26+;14-13-,28-26+. The molecule has 0 aliphatic heterocycles. The van der Waals surface area contributed by atoms with Crippen LogP contribution in [-0.4, -0.2) is 65.0 Å². The van der Waals surface area contributed by atoms with E-state index < -0.39 is 11.9 Å². The molecule has 10 heteroatoms. The van der Waals surface area contributed by atoms with Gasteiger partial charge in [-0.1, -0.05) is 130 Å². The Hall–Kier alpha value is -6.94. The molecule has 0 spiro atoms. The number of nitrogens with zero attached hydrogens (tertiary/aromatic N) is 2. The van der Waals surface area contributed by atoms with E-state index in [1.54, 1.807) is 0 Å². The normalized spacial score (nSPS) is 14.6. The van der Waals surface area contributed by atoms with Crippen LogP contribution in [0.15, 0.2) is 164 Å². The summed E-state index contributed by atoms with van der Waals surface area (Å²) < 4.78 is 22.1. The van der Waals surface area contributed by atoms with Crippen molar-refractivity contribution in [3.63, 3.8) is 0 Å².